The molecular formula is C13H9NO2S. The molecule has 0 radical (unpaired) electrons. The van der Waals surface area contributed by atoms with Crippen molar-refractivity contribution in [1.82, 2.24) is 4.98 Å². The SMILES string of the molecule is CCc1ccnc2c1C(=O)c1sccc1C2=O. The van der Waals surface area contributed by atoms with Gasteiger partial charge in [-0.05, 0) is 29.5 Å². The maximum Gasteiger partial charge on any atom is 0.213 e. The molecule has 0 unspecified atom stereocenters. The van der Waals surface area contributed by atoms with Crippen LogP contribution >= 0.6 is 11.3 Å². The van der Waals surface area contributed by atoms with Crippen molar-refractivity contribution in [2.75, 3.05) is 0 Å². The molecule has 0 saturated heterocycles. The lowest BCUT2D eigenvalue weighted by Gasteiger charge is -2.15. The van der Waals surface area contributed by atoms with Crippen LogP contribution in [0.2, 0.25) is 0 Å². The third-order valence-corrected chi connectivity index (χ3v) is 3.89. The van der Waals surface area contributed by atoms with Gasteiger partial charge in [0.05, 0.1) is 10.4 Å². The monoisotopic (exact) mass is 243 g/mol. The van der Waals surface area contributed by atoms with Crippen LogP contribution in [-0.2, 0) is 6.42 Å². The number of ketones is 2. The first-order valence-electron chi connectivity index (χ1n) is 5.38. The maximum absolute atomic E-state index is 12.3. The molecule has 0 atom stereocenters. The van der Waals surface area contributed by atoms with Gasteiger partial charge in [0, 0.05) is 11.8 Å². The lowest BCUT2D eigenvalue weighted by atomic mass is 9.89. The number of rotatable bonds is 1. The van der Waals surface area contributed by atoms with Gasteiger partial charge in [-0.2, -0.15) is 0 Å². The highest BCUT2D eigenvalue weighted by atomic mass is 32.1. The van der Waals surface area contributed by atoms with Crippen molar-refractivity contribution in [2.45, 2.75) is 13.3 Å². The average Bonchev–Trinajstić information content (AvgIpc) is 2.84. The first-order chi connectivity index (χ1) is 8.24. The van der Waals surface area contributed by atoms with E-state index in [-0.39, 0.29) is 11.6 Å². The second-order valence-corrected chi connectivity index (χ2v) is 4.79. The fourth-order valence-electron chi connectivity index (χ4n) is 2.13. The number of hydrogen-bond acceptors (Lipinski definition) is 4. The molecule has 1 aliphatic rings. The summed E-state index contributed by atoms with van der Waals surface area (Å²) in [7, 11) is 0. The van der Waals surface area contributed by atoms with E-state index in [0.717, 1.165) is 12.0 Å². The number of nitrogens with zero attached hydrogens (tertiary/aromatic N) is 1. The minimum Gasteiger partial charge on any atom is -0.288 e. The molecule has 2 aromatic heterocycles. The molecule has 1 aliphatic carbocycles. The normalized spacial score (nSPS) is 13.5. The van der Waals surface area contributed by atoms with Gasteiger partial charge >= 0.3 is 0 Å². The number of carbonyl (C=O) groups is 2. The Bertz CT molecular complexity index is 643. The topological polar surface area (TPSA) is 47.0 Å². The third kappa shape index (κ3) is 1.31. The summed E-state index contributed by atoms with van der Waals surface area (Å²) >= 11 is 1.32. The summed E-state index contributed by atoms with van der Waals surface area (Å²) in [5, 5.41) is 1.78. The molecular weight excluding hydrogens is 234 g/mol. The number of pyridine rings is 1. The Balaban J connectivity index is 2.34. The Kier molecular flexibility index (Phi) is 2.19. The van der Waals surface area contributed by atoms with Crippen LogP contribution in [0.1, 0.15) is 43.8 Å². The highest BCUT2D eigenvalue weighted by molar-refractivity contribution is 7.12. The van der Waals surface area contributed by atoms with E-state index < -0.39 is 0 Å². The number of carbonyl (C=O) groups excluding carboxylic acids is 2. The number of hydrogen-bond donors (Lipinski definition) is 0. The molecule has 3 nitrogen and oxygen atoms in total. The highest BCUT2D eigenvalue weighted by Crippen LogP contribution is 2.31. The van der Waals surface area contributed by atoms with Crippen molar-refractivity contribution in [2.24, 2.45) is 0 Å². The minimum absolute atomic E-state index is 0.0606. The zero-order chi connectivity index (χ0) is 12.0. The molecule has 2 heterocycles. The summed E-state index contributed by atoms with van der Waals surface area (Å²) in [6.45, 7) is 1.97. The van der Waals surface area contributed by atoms with Gasteiger partial charge in [-0.1, -0.05) is 6.92 Å². The van der Waals surface area contributed by atoms with Crippen molar-refractivity contribution in [3.8, 4) is 0 Å². The van der Waals surface area contributed by atoms with Crippen LogP contribution in [-0.4, -0.2) is 16.6 Å². The van der Waals surface area contributed by atoms with Crippen molar-refractivity contribution >= 4 is 22.9 Å². The molecule has 0 aromatic carbocycles. The molecule has 2 aromatic rings. The average molecular weight is 243 g/mol. The predicted octanol–water partition coefficient (Wildman–Crippen LogP) is 2.48. The van der Waals surface area contributed by atoms with Crippen LogP contribution in [0.4, 0.5) is 0 Å². The molecule has 84 valence electrons. The summed E-state index contributed by atoms with van der Waals surface area (Å²) in [5.41, 5.74) is 2.19. The molecule has 0 bridgehead atoms. The van der Waals surface area contributed by atoms with Gasteiger partial charge in [0.25, 0.3) is 0 Å². The number of aromatic nitrogens is 1. The van der Waals surface area contributed by atoms with E-state index in [1.807, 2.05) is 13.0 Å². The second kappa shape index (κ2) is 3.60. The van der Waals surface area contributed by atoms with Crippen molar-refractivity contribution in [3.05, 3.63) is 51.0 Å². The van der Waals surface area contributed by atoms with E-state index >= 15 is 0 Å². The summed E-state index contributed by atoms with van der Waals surface area (Å²) in [4.78, 5) is 29.1. The number of aryl methyl sites for hydroxylation is 1. The Morgan fingerprint density at radius 3 is 2.82 bits per heavy atom. The van der Waals surface area contributed by atoms with E-state index in [4.69, 9.17) is 0 Å². The minimum atomic E-state index is -0.133. The van der Waals surface area contributed by atoms with Gasteiger partial charge in [-0.3, -0.25) is 14.6 Å². The van der Waals surface area contributed by atoms with E-state index in [2.05, 4.69) is 4.98 Å². The molecule has 3 rings (SSSR count). The van der Waals surface area contributed by atoms with Crippen molar-refractivity contribution in [3.63, 3.8) is 0 Å². The van der Waals surface area contributed by atoms with Crippen molar-refractivity contribution < 1.29 is 9.59 Å². The van der Waals surface area contributed by atoms with Crippen LogP contribution in [0.3, 0.4) is 0 Å². The predicted molar refractivity (Wildman–Crippen MR) is 64.8 cm³/mol. The zero-order valence-electron chi connectivity index (χ0n) is 9.19. The molecule has 0 N–H and O–H groups in total. The highest BCUT2D eigenvalue weighted by Gasteiger charge is 2.33. The van der Waals surface area contributed by atoms with Crippen LogP contribution in [0.25, 0.3) is 0 Å². The lowest BCUT2D eigenvalue weighted by molar-refractivity contribution is 0.0978. The van der Waals surface area contributed by atoms with Gasteiger partial charge in [0.1, 0.15) is 5.69 Å². The summed E-state index contributed by atoms with van der Waals surface area (Å²) in [5.74, 6) is -0.194. The zero-order valence-corrected chi connectivity index (χ0v) is 10.0. The first-order valence-corrected chi connectivity index (χ1v) is 6.26. The van der Waals surface area contributed by atoms with Gasteiger partial charge in [-0.25, -0.2) is 0 Å². The second-order valence-electron chi connectivity index (χ2n) is 3.87. The molecule has 0 amide bonds. The van der Waals surface area contributed by atoms with Crippen molar-refractivity contribution in [1.29, 1.82) is 0 Å². The van der Waals surface area contributed by atoms with E-state index in [9.17, 15) is 9.59 Å². The molecule has 4 heteroatoms. The quantitative estimate of drug-likeness (QED) is 0.659. The molecule has 0 aliphatic heterocycles. The Morgan fingerprint density at radius 1 is 1.24 bits per heavy atom. The Labute approximate surface area is 102 Å². The lowest BCUT2D eigenvalue weighted by Crippen LogP contribution is -2.22. The van der Waals surface area contributed by atoms with E-state index in [0.29, 0.717) is 21.7 Å². The van der Waals surface area contributed by atoms with Gasteiger partial charge in [-0.15, -0.1) is 11.3 Å². The molecule has 0 spiro atoms. The van der Waals surface area contributed by atoms with Crippen LogP contribution in [0.5, 0.6) is 0 Å². The van der Waals surface area contributed by atoms with Gasteiger partial charge in [0.2, 0.25) is 11.6 Å². The third-order valence-electron chi connectivity index (χ3n) is 2.98. The number of fused-ring (bicyclic) bond motifs is 2. The first kappa shape index (κ1) is 10.4. The number of thiophene rings is 1. The summed E-state index contributed by atoms with van der Waals surface area (Å²) < 4.78 is 0. The van der Waals surface area contributed by atoms with Crippen LogP contribution in [0, 0.1) is 0 Å². The smallest absolute Gasteiger partial charge is 0.213 e. The van der Waals surface area contributed by atoms with E-state index in [1.165, 1.54) is 11.3 Å². The van der Waals surface area contributed by atoms with E-state index in [1.54, 1.807) is 17.6 Å². The largest absolute Gasteiger partial charge is 0.288 e. The molecule has 0 saturated carbocycles. The fourth-order valence-corrected chi connectivity index (χ4v) is 2.96. The Hall–Kier alpha value is -1.81. The van der Waals surface area contributed by atoms with Crippen LogP contribution in [0.15, 0.2) is 23.7 Å². The van der Waals surface area contributed by atoms with Gasteiger partial charge in [0.15, 0.2) is 0 Å². The van der Waals surface area contributed by atoms with Gasteiger partial charge < -0.3 is 0 Å². The summed E-state index contributed by atoms with van der Waals surface area (Å²) in [6, 6.07) is 3.51. The molecule has 17 heavy (non-hydrogen) atoms. The molecule has 0 fully saturated rings. The standard InChI is InChI=1S/C13H9NO2S/c1-2-7-3-5-14-10-9(7)12(16)13-8(11(10)15)4-6-17-13/h3-6H,2H2,1H3. The fraction of sp³-hybridized carbons (Fsp3) is 0.154. The Morgan fingerprint density at radius 2 is 2.06 bits per heavy atom. The van der Waals surface area contributed by atoms with Crippen LogP contribution < -0.4 is 0 Å². The summed E-state index contributed by atoms with van der Waals surface area (Å²) in [6.07, 6.45) is 2.32. The maximum atomic E-state index is 12.3.